The van der Waals surface area contributed by atoms with E-state index in [4.69, 9.17) is 4.74 Å². The number of nitrogens with one attached hydrogen (secondary N) is 1. The number of rotatable bonds is 6. The number of para-hydroxylation sites is 1. The number of fused-ring (bicyclic) bond motifs is 1. The highest BCUT2D eigenvalue weighted by Gasteiger charge is 2.22. The van der Waals surface area contributed by atoms with Gasteiger partial charge in [0, 0.05) is 11.4 Å². The van der Waals surface area contributed by atoms with Crippen LogP contribution in [-0.4, -0.2) is 34.4 Å². The van der Waals surface area contributed by atoms with E-state index in [1.165, 1.54) is 0 Å². The lowest BCUT2D eigenvalue weighted by Gasteiger charge is -2.20. The molecule has 0 fully saturated rings. The van der Waals surface area contributed by atoms with Crippen LogP contribution in [0.4, 0.5) is 0 Å². The van der Waals surface area contributed by atoms with Gasteiger partial charge in [-0.05, 0) is 13.0 Å². The topological polar surface area (TPSA) is 56.2 Å². The van der Waals surface area contributed by atoms with E-state index in [-0.39, 0.29) is 12.0 Å². The lowest BCUT2D eigenvalue weighted by molar-refractivity contribution is -0.146. The van der Waals surface area contributed by atoms with Crippen LogP contribution in [0.1, 0.15) is 20.8 Å². The summed E-state index contributed by atoms with van der Waals surface area (Å²) < 4.78 is 6.96. The van der Waals surface area contributed by atoms with E-state index in [1.807, 2.05) is 55.9 Å². The maximum Gasteiger partial charge on any atom is 0.325 e. The summed E-state index contributed by atoms with van der Waals surface area (Å²) in [4.78, 5) is 12.0. The second-order valence-electron chi connectivity index (χ2n) is 5.01. The highest BCUT2D eigenvalue weighted by atomic mass is 16.5. The summed E-state index contributed by atoms with van der Waals surface area (Å²) in [5.41, 5.74) is 1.02. The Kier molecular flexibility index (Phi) is 4.74. The first-order valence-electron chi connectivity index (χ1n) is 6.95. The molecule has 1 aromatic carbocycles. The third kappa shape index (κ3) is 3.36. The first kappa shape index (κ1) is 14.5. The van der Waals surface area contributed by atoms with Crippen molar-refractivity contribution >= 4 is 16.9 Å². The summed E-state index contributed by atoms with van der Waals surface area (Å²) in [7, 11) is 0. The second kappa shape index (κ2) is 6.52. The fourth-order valence-corrected chi connectivity index (χ4v) is 2.18. The molecule has 108 valence electrons. The molecule has 5 nitrogen and oxygen atoms in total. The van der Waals surface area contributed by atoms with Crippen molar-refractivity contribution in [2.75, 3.05) is 6.61 Å². The molecule has 0 aliphatic heterocycles. The SMILES string of the molecule is CCOC(=O)C(Cn1ncc2ccccc21)NC(C)C. The first-order chi connectivity index (χ1) is 9.61. The average Bonchev–Trinajstić information content (AvgIpc) is 2.81. The lowest BCUT2D eigenvalue weighted by Crippen LogP contribution is -2.44. The predicted molar refractivity (Wildman–Crippen MR) is 78.4 cm³/mol. The molecule has 0 saturated heterocycles. The Labute approximate surface area is 118 Å². The predicted octanol–water partition coefficient (Wildman–Crippen LogP) is 1.97. The molecule has 0 aliphatic carbocycles. The minimum atomic E-state index is -0.391. The van der Waals surface area contributed by atoms with Crippen molar-refractivity contribution in [3.8, 4) is 0 Å². The van der Waals surface area contributed by atoms with Crippen LogP contribution in [0.3, 0.4) is 0 Å². The van der Waals surface area contributed by atoms with Crippen molar-refractivity contribution in [3.05, 3.63) is 30.5 Å². The van der Waals surface area contributed by atoms with E-state index < -0.39 is 6.04 Å². The summed E-state index contributed by atoms with van der Waals surface area (Å²) in [6, 6.07) is 7.76. The summed E-state index contributed by atoms with van der Waals surface area (Å²) in [6.45, 7) is 6.67. The van der Waals surface area contributed by atoms with Crippen LogP contribution in [0.15, 0.2) is 30.5 Å². The highest BCUT2D eigenvalue weighted by Crippen LogP contribution is 2.13. The molecule has 0 saturated carbocycles. The number of nitrogens with zero attached hydrogens (tertiary/aromatic N) is 2. The van der Waals surface area contributed by atoms with Crippen molar-refractivity contribution in [1.82, 2.24) is 15.1 Å². The summed E-state index contributed by atoms with van der Waals surface area (Å²) in [6.07, 6.45) is 1.81. The van der Waals surface area contributed by atoms with Crippen LogP contribution in [0, 0.1) is 0 Å². The molecule has 1 unspecified atom stereocenters. The van der Waals surface area contributed by atoms with Gasteiger partial charge in [-0.1, -0.05) is 32.0 Å². The van der Waals surface area contributed by atoms with Gasteiger partial charge < -0.3 is 10.1 Å². The molecule has 1 N–H and O–H groups in total. The number of ether oxygens (including phenoxy) is 1. The molecule has 5 heteroatoms. The van der Waals surface area contributed by atoms with Gasteiger partial charge in [0.1, 0.15) is 6.04 Å². The minimum absolute atomic E-state index is 0.200. The van der Waals surface area contributed by atoms with Crippen molar-refractivity contribution < 1.29 is 9.53 Å². The smallest absolute Gasteiger partial charge is 0.325 e. The molecule has 0 spiro atoms. The Morgan fingerprint density at radius 1 is 1.40 bits per heavy atom. The fraction of sp³-hybridized carbons (Fsp3) is 0.467. The molecule has 2 rings (SSSR count). The number of aromatic nitrogens is 2. The van der Waals surface area contributed by atoms with Gasteiger partial charge in [-0.15, -0.1) is 0 Å². The van der Waals surface area contributed by atoms with E-state index in [0.717, 1.165) is 10.9 Å². The molecule has 2 aromatic rings. The number of carbonyl (C=O) groups is 1. The Bertz CT molecular complexity index is 577. The maximum absolute atomic E-state index is 12.0. The van der Waals surface area contributed by atoms with Crippen molar-refractivity contribution in [2.45, 2.75) is 39.4 Å². The van der Waals surface area contributed by atoms with Crippen LogP contribution < -0.4 is 5.32 Å². The molecular formula is C15H21N3O2. The molecule has 0 aliphatic rings. The van der Waals surface area contributed by atoms with Crippen LogP contribution in [-0.2, 0) is 16.1 Å². The monoisotopic (exact) mass is 275 g/mol. The van der Waals surface area contributed by atoms with Gasteiger partial charge in [0.25, 0.3) is 0 Å². The minimum Gasteiger partial charge on any atom is -0.465 e. The van der Waals surface area contributed by atoms with Crippen molar-refractivity contribution in [3.63, 3.8) is 0 Å². The first-order valence-corrected chi connectivity index (χ1v) is 6.95. The second-order valence-corrected chi connectivity index (χ2v) is 5.01. The van der Waals surface area contributed by atoms with Crippen LogP contribution in [0.5, 0.6) is 0 Å². The van der Waals surface area contributed by atoms with Gasteiger partial charge in [0.15, 0.2) is 0 Å². The number of hydrogen-bond acceptors (Lipinski definition) is 4. The maximum atomic E-state index is 12.0. The molecule has 0 amide bonds. The zero-order chi connectivity index (χ0) is 14.5. The normalized spacial score (nSPS) is 12.8. The van der Waals surface area contributed by atoms with Crippen molar-refractivity contribution in [2.24, 2.45) is 0 Å². The van der Waals surface area contributed by atoms with Crippen molar-refractivity contribution in [1.29, 1.82) is 0 Å². The highest BCUT2D eigenvalue weighted by molar-refractivity contribution is 5.79. The van der Waals surface area contributed by atoms with Gasteiger partial charge >= 0.3 is 5.97 Å². The van der Waals surface area contributed by atoms with Gasteiger partial charge in [-0.25, -0.2) is 0 Å². The Morgan fingerprint density at radius 3 is 2.85 bits per heavy atom. The average molecular weight is 275 g/mol. The molecule has 0 radical (unpaired) electrons. The fourth-order valence-electron chi connectivity index (χ4n) is 2.18. The van der Waals surface area contributed by atoms with Crippen LogP contribution >= 0.6 is 0 Å². The summed E-state index contributed by atoms with van der Waals surface area (Å²) in [5, 5.41) is 8.65. The van der Waals surface area contributed by atoms with E-state index in [1.54, 1.807) is 0 Å². The van der Waals surface area contributed by atoms with E-state index in [2.05, 4.69) is 10.4 Å². The Balaban J connectivity index is 2.20. The number of carbonyl (C=O) groups excluding carboxylic acids is 1. The Morgan fingerprint density at radius 2 is 2.15 bits per heavy atom. The third-order valence-electron chi connectivity index (χ3n) is 3.01. The third-order valence-corrected chi connectivity index (χ3v) is 3.01. The Hall–Kier alpha value is -1.88. The molecule has 1 atom stereocenters. The molecule has 0 bridgehead atoms. The van der Waals surface area contributed by atoms with Gasteiger partial charge in [-0.2, -0.15) is 5.10 Å². The standard InChI is InChI=1S/C15H21N3O2/c1-4-20-15(19)13(17-11(2)3)10-18-14-8-6-5-7-12(14)9-16-18/h5-9,11,13,17H,4,10H2,1-3H3. The lowest BCUT2D eigenvalue weighted by atomic mass is 10.2. The zero-order valence-electron chi connectivity index (χ0n) is 12.2. The van der Waals surface area contributed by atoms with Gasteiger partial charge in [0.2, 0.25) is 0 Å². The quantitative estimate of drug-likeness (QED) is 0.819. The zero-order valence-corrected chi connectivity index (χ0v) is 12.2. The van der Waals surface area contributed by atoms with E-state index in [9.17, 15) is 4.79 Å². The largest absolute Gasteiger partial charge is 0.465 e. The van der Waals surface area contributed by atoms with Crippen LogP contribution in [0.25, 0.3) is 10.9 Å². The van der Waals surface area contributed by atoms with E-state index in [0.29, 0.717) is 13.2 Å². The van der Waals surface area contributed by atoms with Crippen LogP contribution in [0.2, 0.25) is 0 Å². The summed E-state index contributed by atoms with van der Waals surface area (Å²) in [5.74, 6) is -0.235. The van der Waals surface area contributed by atoms with Gasteiger partial charge in [-0.3, -0.25) is 9.48 Å². The summed E-state index contributed by atoms with van der Waals surface area (Å²) >= 11 is 0. The molecule has 1 heterocycles. The number of hydrogen-bond donors (Lipinski definition) is 1. The molecule has 20 heavy (non-hydrogen) atoms. The molecule has 1 aromatic heterocycles. The van der Waals surface area contributed by atoms with E-state index >= 15 is 0 Å². The van der Waals surface area contributed by atoms with Gasteiger partial charge in [0.05, 0.1) is 24.9 Å². The number of benzene rings is 1. The number of esters is 1. The molecular weight excluding hydrogens is 254 g/mol.